The van der Waals surface area contributed by atoms with Crippen LogP contribution in [0.3, 0.4) is 0 Å². The summed E-state index contributed by atoms with van der Waals surface area (Å²) in [5.41, 5.74) is 3.08. The van der Waals surface area contributed by atoms with Crippen molar-refractivity contribution in [2.75, 3.05) is 39.9 Å². The number of aryl methyl sites for hydroxylation is 1. The fraction of sp³-hybridized carbons (Fsp3) is 0.583. The van der Waals surface area contributed by atoms with Gasteiger partial charge in [-0.1, -0.05) is 19.3 Å². The van der Waals surface area contributed by atoms with Gasteiger partial charge < -0.3 is 15.5 Å². The van der Waals surface area contributed by atoms with E-state index in [4.69, 9.17) is 4.98 Å². The lowest BCUT2D eigenvalue weighted by Gasteiger charge is -2.40. The highest BCUT2D eigenvalue weighted by Crippen LogP contribution is 2.35. The number of rotatable bonds is 4. The van der Waals surface area contributed by atoms with Crippen LogP contribution in [0.5, 0.6) is 0 Å². The van der Waals surface area contributed by atoms with Crippen molar-refractivity contribution in [3.8, 4) is 0 Å². The van der Waals surface area contributed by atoms with E-state index in [0.717, 1.165) is 56.6 Å². The second-order valence-electron chi connectivity index (χ2n) is 10.1. The molecule has 33 heavy (non-hydrogen) atoms. The smallest absolute Gasteiger partial charge is 0.236 e. The lowest BCUT2D eigenvalue weighted by atomic mass is 9.95. The van der Waals surface area contributed by atoms with Gasteiger partial charge in [0, 0.05) is 54.4 Å². The summed E-state index contributed by atoms with van der Waals surface area (Å²) in [6, 6.07) is 8.29. The Morgan fingerprint density at radius 3 is 2.61 bits per heavy atom. The van der Waals surface area contributed by atoms with Gasteiger partial charge in [0.25, 0.3) is 0 Å². The maximum absolute atomic E-state index is 13.0. The van der Waals surface area contributed by atoms with Gasteiger partial charge in [-0.15, -0.1) is 0 Å². The minimum atomic E-state index is -3.35. The van der Waals surface area contributed by atoms with Crippen molar-refractivity contribution in [2.24, 2.45) is 0 Å². The first-order valence-electron chi connectivity index (χ1n) is 12.1. The topological polar surface area (TPSA) is 90.5 Å². The van der Waals surface area contributed by atoms with Crippen molar-refractivity contribution in [1.29, 1.82) is 0 Å². The summed E-state index contributed by atoms with van der Waals surface area (Å²) in [6.07, 6.45) is 7.36. The average Bonchev–Trinajstić information content (AvgIpc) is 2.79. The van der Waals surface area contributed by atoms with Crippen molar-refractivity contribution in [3.63, 3.8) is 0 Å². The third kappa shape index (κ3) is 4.80. The first kappa shape index (κ1) is 22.4. The maximum Gasteiger partial charge on any atom is 0.236 e. The van der Waals surface area contributed by atoms with Crippen LogP contribution < -0.4 is 19.8 Å². The van der Waals surface area contributed by atoms with Crippen LogP contribution in [0.2, 0.25) is 0 Å². The van der Waals surface area contributed by atoms with Crippen molar-refractivity contribution in [1.82, 2.24) is 15.3 Å². The van der Waals surface area contributed by atoms with E-state index < -0.39 is 10.0 Å². The monoisotopic (exact) mass is 470 g/mol. The highest BCUT2D eigenvalue weighted by Gasteiger charge is 2.37. The highest BCUT2D eigenvalue weighted by atomic mass is 32.2. The number of sulfonamides is 1. The van der Waals surface area contributed by atoms with Gasteiger partial charge in [-0.05, 0) is 57.4 Å². The van der Waals surface area contributed by atoms with E-state index in [1.165, 1.54) is 12.1 Å². The molecule has 0 amide bonds. The van der Waals surface area contributed by atoms with E-state index in [2.05, 4.69) is 46.5 Å². The molecule has 1 aromatic carbocycles. The molecule has 0 spiro atoms. The Morgan fingerprint density at radius 1 is 1.12 bits per heavy atom. The van der Waals surface area contributed by atoms with Gasteiger partial charge in [-0.2, -0.15) is 4.98 Å². The third-order valence-electron chi connectivity index (χ3n) is 6.95. The molecule has 0 radical (unpaired) electrons. The molecule has 178 valence electrons. The second kappa shape index (κ2) is 8.76. The summed E-state index contributed by atoms with van der Waals surface area (Å²) in [5, 5.41) is 6.82. The predicted molar refractivity (Wildman–Crippen MR) is 133 cm³/mol. The summed E-state index contributed by atoms with van der Waals surface area (Å²) in [4.78, 5) is 11.6. The summed E-state index contributed by atoms with van der Waals surface area (Å²) in [6.45, 7) is 7.35. The van der Waals surface area contributed by atoms with Crippen molar-refractivity contribution < 1.29 is 8.42 Å². The lowest BCUT2D eigenvalue weighted by Crippen LogP contribution is -2.57. The van der Waals surface area contributed by atoms with E-state index >= 15 is 0 Å². The number of aromatic nitrogens is 2. The molecule has 8 nitrogen and oxygen atoms in total. The van der Waals surface area contributed by atoms with Crippen molar-refractivity contribution in [2.45, 2.75) is 64.0 Å². The van der Waals surface area contributed by atoms with Crippen LogP contribution in [0.4, 0.5) is 23.1 Å². The van der Waals surface area contributed by atoms with Crippen LogP contribution in [-0.4, -0.2) is 55.4 Å². The number of hydrogen-bond donors (Lipinski definition) is 2. The molecule has 3 heterocycles. The van der Waals surface area contributed by atoms with Crippen LogP contribution >= 0.6 is 0 Å². The molecule has 2 N–H and O–H groups in total. The zero-order valence-corrected chi connectivity index (χ0v) is 20.4. The van der Waals surface area contributed by atoms with Gasteiger partial charge in [-0.3, -0.25) is 4.31 Å². The van der Waals surface area contributed by atoms with E-state index in [9.17, 15) is 8.42 Å². The van der Waals surface area contributed by atoms with E-state index in [0.29, 0.717) is 18.2 Å². The fourth-order valence-electron chi connectivity index (χ4n) is 5.26. The Morgan fingerprint density at radius 2 is 1.88 bits per heavy atom. The van der Waals surface area contributed by atoms with Gasteiger partial charge in [-0.25, -0.2) is 13.4 Å². The van der Waals surface area contributed by atoms with Gasteiger partial charge in [0.2, 0.25) is 16.0 Å². The number of nitrogens with zero attached hydrogens (tertiary/aromatic N) is 4. The van der Waals surface area contributed by atoms with Gasteiger partial charge in [0.1, 0.15) is 0 Å². The summed E-state index contributed by atoms with van der Waals surface area (Å²) in [7, 11) is -3.35. The van der Waals surface area contributed by atoms with Crippen molar-refractivity contribution in [3.05, 3.63) is 36.0 Å². The molecule has 0 unspecified atom stereocenters. The largest absolute Gasteiger partial charge is 0.368 e. The molecular weight excluding hydrogens is 436 g/mol. The molecule has 1 saturated carbocycles. The number of nitrogens with one attached hydrogen (secondary N) is 2. The van der Waals surface area contributed by atoms with Gasteiger partial charge in [0.15, 0.2) is 5.82 Å². The first-order chi connectivity index (χ1) is 15.8. The molecule has 1 aliphatic carbocycles. The molecular formula is C24H34N6O2S. The average molecular weight is 471 g/mol. The van der Waals surface area contributed by atoms with Gasteiger partial charge >= 0.3 is 0 Å². The fourth-order valence-corrected chi connectivity index (χ4v) is 7.02. The maximum atomic E-state index is 13.0. The SMILES string of the molecule is CC1(C)CN(c2ccc(Nc3ncc4c(n3)N(C3CCCCC3)S(=O)(=O)CC4)cc2)CCN1. The number of piperazine rings is 1. The standard InChI is InChI=1S/C24H34N6O2S/c1-24(2)17-29(14-13-26-24)20-10-8-19(9-11-20)27-23-25-16-18-12-15-33(31,32)30(22(18)28-23)21-6-4-3-5-7-21/h8-11,16,21,26H,3-7,12-15,17H2,1-2H3,(H,25,27,28). The predicted octanol–water partition coefficient (Wildman–Crippen LogP) is 3.43. The Kier molecular flexibility index (Phi) is 5.95. The Bertz CT molecular complexity index is 1100. The van der Waals surface area contributed by atoms with Crippen LogP contribution in [0, 0.1) is 0 Å². The van der Waals surface area contributed by atoms with E-state index in [-0.39, 0.29) is 17.3 Å². The summed E-state index contributed by atoms with van der Waals surface area (Å²) < 4.78 is 27.6. The third-order valence-corrected chi connectivity index (χ3v) is 8.74. The lowest BCUT2D eigenvalue weighted by molar-refractivity contribution is 0.353. The first-order valence-corrected chi connectivity index (χ1v) is 13.7. The molecule has 1 aromatic heterocycles. The molecule has 0 atom stereocenters. The number of fused-ring (bicyclic) bond motifs is 1. The highest BCUT2D eigenvalue weighted by molar-refractivity contribution is 7.92. The van der Waals surface area contributed by atoms with Gasteiger partial charge in [0.05, 0.1) is 5.75 Å². The number of hydrogen-bond acceptors (Lipinski definition) is 7. The minimum absolute atomic E-state index is 0.00752. The quantitative estimate of drug-likeness (QED) is 0.707. The molecule has 5 rings (SSSR count). The molecule has 3 aliphatic rings. The normalized spacial score (nSPS) is 22.6. The molecule has 0 bridgehead atoms. The van der Waals surface area contributed by atoms with Crippen LogP contribution in [0.1, 0.15) is 51.5 Å². The number of benzene rings is 1. The minimum Gasteiger partial charge on any atom is -0.368 e. The molecule has 2 aliphatic heterocycles. The number of anilines is 4. The molecule has 9 heteroatoms. The molecule has 1 saturated heterocycles. The van der Waals surface area contributed by atoms with Crippen LogP contribution in [-0.2, 0) is 16.4 Å². The van der Waals surface area contributed by atoms with Crippen molar-refractivity contribution >= 4 is 33.2 Å². The molecule has 2 aromatic rings. The molecule has 2 fully saturated rings. The summed E-state index contributed by atoms with van der Waals surface area (Å²) >= 11 is 0. The Labute approximate surface area is 196 Å². The van der Waals surface area contributed by atoms with Crippen LogP contribution in [0.15, 0.2) is 30.5 Å². The zero-order valence-electron chi connectivity index (χ0n) is 19.5. The Hall–Kier alpha value is -2.39. The van der Waals surface area contributed by atoms with E-state index in [1.807, 2.05) is 12.1 Å². The van der Waals surface area contributed by atoms with Crippen LogP contribution in [0.25, 0.3) is 0 Å². The zero-order chi connectivity index (χ0) is 23.1. The summed E-state index contributed by atoms with van der Waals surface area (Å²) in [5.74, 6) is 1.13. The Balaban J connectivity index is 1.36. The second-order valence-corrected chi connectivity index (χ2v) is 12.1. The van der Waals surface area contributed by atoms with E-state index in [1.54, 1.807) is 10.5 Å².